The second-order valence-electron chi connectivity index (χ2n) is 5.36. The number of nitrogens with one attached hydrogen (secondary N) is 1. The Morgan fingerprint density at radius 1 is 1.48 bits per heavy atom. The summed E-state index contributed by atoms with van der Waals surface area (Å²) in [6.07, 6.45) is 3.21. The second-order valence-corrected chi connectivity index (χ2v) is 7.75. The fourth-order valence-electron chi connectivity index (χ4n) is 2.53. The van der Waals surface area contributed by atoms with Crippen molar-refractivity contribution in [2.75, 3.05) is 38.3 Å². The number of hydrogen-bond donors (Lipinski definition) is 1. The lowest BCUT2D eigenvalue weighted by Crippen LogP contribution is -2.41. The maximum absolute atomic E-state index is 11.6. The van der Waals surface area contributed by atoms with Gasteiger partial charge in [0.05, 0.1) is 18.4 Å². The van der Waals surface area contributed by atoms with Gasteiger partial charge in [-0.25, -0.2) is 12.7 Å². The van der Waals surface area contributed by atoms with E-state index in [1.807, 2.05) is 18.2 Å². The Hall–Kier alpha value is -0.980. The van der Waals surface area contributed by atoms with Crippen molar-refractivity contribution in [3.63, 3.8) is 0 Å². The van der Waals surface area contributed by atoms with Crippen molar-refractivity contribution in [2.24, 2.45) is 5.92 Å². The van der Waals surface area contributed by atoms with Crippen LogP contribution in [0.15, 0.2) is 18.2 Å². The van der Waals surface area contributed by atoms with Crippen molar-refractivity contribution in [3.8, 4) is 5.75 Å². The number of rotatable bonds is 5. The fourth-order valence-corrected chi connectivity index (χ4v) is 3.73. The van der Waals surface area contributed by atoms with E-state index in [0.29, 0.717) is 29.8 Å². The number of halogens is 1. The fraction of sp³-hybridized carbons (Fsp3) is 0.571. The smallest absolute Gasteiger partial charge is 0.211 e. The molecule has 0 amide bonds. The number of benzene rings is 1. The molecule has 0 aliphatic carbocycles. The number of piperidine rings is 1. The highest BCUT2D eigenvalue weighted by atomic mass is 35.5. The Labute approximate surface area is 131 Å². The molecule has 1 saturated heterocycles. The second kappa shape index (κ2) is 6.85. The minimum absolute atomic E-state index is 0.314. The largest absolute Gasteiger partial charge is 0.495 e. The van der Waals surface area contributed by atoms with Crippen LogP contribution in [0.4, 0.5) is 5.69 Å². The van der Waals surface area contributed by atoms with Crippen molar-refractivity contribution in [1.82, 2.24) is 4.31 Å². The molecule has 1 N–H and O–H groups in total. The summed E-state index contributed by atoms with van der Waals surface area (Å²) in [5.41, 5.74) is 0.914. The lowest BCUT2D eigenvalue weighted by Gasteiger charge is -2.31. The Bertz CT molecular complexity index is 592. The molecule has 1 aliphatic rings. The van der Waals surface area contributed by atoms with E-state index in [9.17, 15) is 8.42 Å². The third-order valence-corrected chi connectivity index (χ3v) is 5.26. The minimum atomic E-state index is -3.09. The van der Waals surface area contributed by atoms with Gasteiger partial charge in [-0.3, -0.25) is 0 Å². The van der Waals surface area contributed by atoms with E-state index in [-0.39, 0.29) is 0 Å². The zero-order valence-electron chi connectivity index (χ0n) is 12.3. The van der Waals surface area contributed by atoms with Crippen LogP contribution in [0.5, 0.6) is 5.75 Å². The van der Waals surface area contributed by atoms with Crippen LogP contribution in [0.1, 0.15) is 12.8 Å². The van der Waals surface area contributed by atoms with Gasteiger partial charge in [-0.2, -0.15) is 0 Å². The van der Waals surface area contributed by atoms with Crippen LogP contribution in [0.25, 0.3) is 0 Å². The number of hydrogen-bond acceptors (Lipinski definition) is 4. The van der Waals surface area contributed by atoms with E-state index in [1.54, 1.807) is 11.4 Å². The lowest BCUT2D eigenvalue weighted by molar-refractivity contribution is 0.277. The van der Waals surface area contributed by atoms with Crippen LogP contribution in [0.3, 0.4) is 0 Å². The molecule has 5 nitrogen and oxygen atoms in total. The first-order chi connectivity index (χ1) is 9.90. The molecule has 0 bridgehead atoms. The molecule has 0 saturated carbocycles. The van der Waals surface area contributed by atoms with Gasteiger partial charge in [0.25, 0.3) is 0 Å². The predicted octanol–water partition coefficient (Wildman–Crippen LogP) is 2.43. The molecule has 1 atom stereocenters. The third-order valence-electron chi connectivity index (χ3n) is 3.70. The van der Waals surface area contributed by atoms with Gasteiger partial charge in [-0.15, -0.1) is 0 Å². The Kier molecular flexibility index (Phi) is 5.35. The molecule has 1 aromatic carbocycles. The number of ether oxygens (including phenoxy) is 1. The standard InChI is InChI=1S/C14H21ClN2O3S/c1-20-14-6-5-12(8-13(14)15)16-9-11-4-3-7-17(10-11)21(2,18)19/h5-6,8,11,16H,3-4,7,9-10H2,1-2H3. The summed E-state index contributed by atoms with van der Waals surface area (Å²) in [7, 11) is -1.51. The van der Waals surface area contributed by atoms with Gasteiger partial charge < -0.3 is 10.1 Å². The van der Waals surface area contributed by atoms with Gasteiger partial charge in [-0.05, 0) is 37.0 Å². The number of sulfonamides is 1. The van der Waals surface area contributed by atoms with Gasteiger partial charge in [0, 0.05) is 25.3 Å². The summed E-state index contributed by atoms with van der Waals surface area (Å²) < 4.78 is 29.9. The van der Waals surface area contributed by atoms with Crippen LogP contribution in [0, 0.1) is 5.92 Å². The molecular weight excluding hydrogens is 312 g/mol. The average molecular weight is 333 g/mol. The van der Waals surface area contributed by atoms with Crippen molar-refractivity contribution < 1.29 is 13.2 Å². The molecule has 0 spiro atoms. The molecule has 1 aliphatic heterocycles. The SMILES string of the molecule is COc1ccc(NCC2CCCN(S(C)(=O)=O)C2)cc1Cl. The third kappa shape index (κ3) is 4.49. The Morgan fingerprint density at radius 2 is 2.24 bits per heavy atom. The summed E-state index contributed by atoms with van der Waals surface area (Å²) in [4.78, 5) is 0. The molecule has 1 heterocycles. The topological polar surface area (TPSA) is 58.6 Å². The van der Waals surface area contributed by atoms with Gasteiger partial charge in [0.15, 0.2) is 0 Å². The highest BCUT2D eigenvalue weighted by Gasteiger charge is 2.25. The van der Waals surface area contributed by atoms with Gasteiger partial charge in [0.2, 0.25) is 10.0 Å². The number of anilines is 1. The summed E-state index contributed by atoms with van der Waals surface area (Å²) in [6, 6.07) is 5.54. The zero-order chi connectivity index (χ0) is 15.5. The Morgan fingerprint density at radius 3 is 2.86 bits per heavy atom. The molecule has 7 heteroatoms. The summed E-state index contributed by atoms with van der Waals surface area (Å²) in [5, 5.41) is 3.88. The monoisotopic (exact) mass is 332 g/mol. The maximum atomic E-state index is 11.6. The van der Waals surface area contributed by atoms with Crippen molar-refractivity contribution in [1.29, 1.82) is 0 Å². The van der Waals surface area contributed by atoms with Crippen LogP contribution < -0.4 is 10.1 Å². The molecule has 0 radical (unpaired) electrons. The quantitative estimate of drug-likeness (QED) is 0.899. The van der Waals surface area contributed by atoms with E-state index in [4.69, 9.17) is 16.3 Å². The summed E-state index contributed by atoms with van der Waals surface area (Å²) in [6.45, 7) is 1.94. The molecular formula is C14H21ClN2O3S. The van der Waals surface area contributed by atoms with Crippen LogP contribution >= 0.6 is 11.6 Å². The summed E-state index contributed by atoms with van der Waals surface area (Å²) in [5.74, 6) is 0.956. The van der Waals surface area contributed by atoms with Gasteiger partial charge in [0.1, 0.15) is 5.75 Å². The lowest BCUT2D eigenvalue weighted by atomic mass is 9.99. The van der Waals surface area contributed by atoms with Crippen LogP contribution in [-0.4, -0.2) is 45.7 Å². The first-order valence-corrected chi connectivity index (χ1v) is 9.15. The molecule has 1 aromatic rings. The number of methoxy groups -OCH3 is 1. The van der Waals surface area contributed by atoms with Crippen LogP contribution in [-0.2, 0) is 10.0 Å². The van der Waals surface area contributed by atoms with Crippen molar-refractivity contribution in [2.45, 2.75) is 12.8 Å². The highest BCUT2D eigenvalue weighted by Crippen LogP contribution is 2.27. The van der Waals surface area contributed by atoms with Crippen molar-refractivity contribution in [3.05, 3.63) is 23.2 Å². The maximum Gasteiger partial charge on any atom is 0.211 e. The zero-order valence-corrected chi connectivity index (χ0v) is 13.9. The molecule has 1 unspecified atom stereocenters. The minimum Gasteiger partial charge on any atom is -0.495 e. The first-order valence-electron chi connectivity index (χ1n) is 6.92. The van der Waals surface area contributed by atoms with E-state index in [0.717, 1.165) is 25.1 Å². The van der Waals surface area contributed by atoms with Crippen molar-refractivity contribution >= 4 is 27.3 Å². The number of nitrogens with zero attached hydrogens (tertiary/aromatic N) is 1. The molecule has 1 fully saturated rings. The molecule has 21 heavy (non-hydrogen) atoms. The van der Waals surface area contributed by atoms with Crippen LogP contribution in [0.2, 0.25) is 5.02 Å². The molecule has 118 valence electrons. The van der Waals surface area contributed by atoms with Gasteiger partial charge >= 0.3 is 0 Å². The normalized spacial score (nSPS) is 20.2. The van der Waals surface area contributed by atoms with Gasteiger partial charge in [-0.1, -0.05) is 11.6 Å². The predicted molar refractivity (Wildman–Crippen MR) is 85.6 cm³/mol. The Balaban J connectivity index is 1.92. The van der Waals surface area contributed by atoms with E-state index < -0.39 is 10.0 Å². The molecule has 2 rings (SSSR count). The highest BCUT2D eigenvalue weighted by molar-refractivity contribution is 7.88. The van der Waals surface area contributed by atoms with E-state index in [2.05, 4.69) is 5.32 Å². The van der Waals surface area contributed by atoms with E-state index >= 15 is 0 Å². The average Bonchev–Trinajstić information content (AvgIpc) is 2.45. The van der Waals surface area contributed by atoms with E-state index in [1.165, 1.54) is 6.26 Å². The summed E-state index contributed by atoms with van der Waals surface area (Å²) >= 11 is 6.08. The first kappa shape index (κ1) is 16.4. The molecule has 0 aromatic heterocycles.